The van der Waals surface area contributed by atoms with Gasteiger partial charge >= 0.3 is 0 Å². The van der Waals surface area contributed by atoms with Gasteiger partial charge in [0.25, 0.3) is 0 Å². The lowest BCUT2D eigenvalue weighted by molar-refractivity contribution is 0.842. The number of rotatable bonds is 1. The van der Waals surface area contributed by atoms with Gasteiger partial charge in [0, 0.05) is 29.6 Å². The molecule has 4 heteroatoms. The Balaban J connectivity index is 1.94. The van der Waals surface area contributed by atoms with Crippen molar-refractivity contribution in [3.8, 4) is 16.9 Å². The number of hydrogen-bond donors (Lipinski definition) is 1. The van der Waals surface area contributed by atoms with Crippen molar-refractivity contribution in [1.29, 1.82) is 0 Å². The van der Waals surface area contributed by atoms with Gasteiger partial charge in [0.1, 0.15) is 5.82 Å². The van der Waals surface area contributed by atoms with Gasteiger partial charge in [-0.2, -0.15) is 5.10 Å². The van der Waals surface area contributed by atoms with Crippen molar-refractivity contribution in [1.82, 2.24) is 14.8 Å². The zero-order valence-electron chi connectivity index (χ0n) is 12.8. The zero-order chi connectivity index (χ0) is 15.1. The maximum Gasteiger partial charge on any atom is 0.135 e. The lowest BCUT2D eigenvalue weighted by atomic mass is 10.1. The normalized spacial score (nSPS) is 13.0. The molecule has 0 saturated heterocycles. The number of pyridine rings is 1. The van der Waals surface area contributed by atoms with Crippen molar-refractivity contribution in [2.75, 3.05) is 11.9 Å². The molecule has 0 unspecified atom stereocenters. The topological polar surface area (TPSA) is 42.7 Å². The largest absolute Gasteiger partial charge is 0.369 e. The summed E-state index contributed by atoms with van der Waals surface area (Å²) in [5.74, 6) is 0.926. The van der Waals surface area contributed by atoms with Crippen molar-refractivity contribution in [3.05, 3.63) is 59.4 Å². The molecule has 1 aliphatic heterocycles. The van der Waals surface area contributed by atoms with Crippen molar-refractivity contribution in [2.24, 2.45) is 0 Å². The van der Waals surface area contributed by atoms with E-state index in [2.05, 4.69) is 59.2 Å². The predicted molar refractivity (Wildman–Crippen MR) is 88.5 cm³/mol. The van der Waals surface area contributed by atoms with Crippen LogP contribution < -0.4 is 5.32 Å². The number of nitrogens with zero attached hydrogens (tertiary/aromatic N) is 3. The molecular formula is C18H18N4. The second-order valence-electron chi connectivity index (χ2n) is 5.74. The highest BCUT2D eigenvalue weighted by Crippen LogP contribution is 2.33. The SMILES string of the molecule is Cc1cccc(-n2nc3c(c2C)CCNc2ncccc2-3)c1. The first-order valence-electron chi connectivity index (χ1n) is 7.59. The van der Waals surface area contributed by atoms with Gasteiger partial charge in [0.15, 0.2) is 0 Å². The second-order valence-corrected chi connectivity index (χ2v) is 5.74. The summed E-state index contributed by atoms with van der Waals surface area (Å²) in [4.78, 5) is 4.44. The number of fused-ring (bicyclic) bond motifs is 3. The van der Waals surface area contributed by atoms with Crippen molar-refractivity contribution in [3.63, 3.8) is 0 Å². The standard InChI is InChI=1S/C18H18N4/c1-12-5-3-6-14(11-12)22-13(2)15-8-10-20-18-16(17(15)21-22)7-4-9-19-18/h3-7,9,11H,8,10H2,1-2H3,(H,19,20). The van der Waals surface area contributed by atoms with Crippen LogP contribution in [0.3, 0.4) is 0 Å². The van der Waals surface area contributed by atoms with Crippen LogP contribution in [-0.2, 0) is 6.42 Å². The fourth-order valence-corrected chi connectivity index (χ4v) is 3.10. The molecule has 1 aromatic carbocycles. The summed E-state index contributed by atoms with van der Waals surface area (Å²) in [6.07, 6.45) is 2.78. The van der Waals surface area contributed by atoms with Crippen LogP contribution in [0.4, 0.5) is 5.82 Å². The van der Waals surface area contributed by atoms with Gasteiger partial charge in [0.05, 0.1) is 11.4 Å². The minimum absolute atomic E-state index is 0.886. The highest BCUT2D eigenvalue weighted by atomic mass is 15.3. The second kappa shape index (κ2) is 4.98. The first kappa shape index (κ1) is 13.1. The Kier molecular flexibility index (Phi) is 2.96. The molecule has 3 aromatic rings. The fourth-order valence-electron chi connectivity index (χ4n) is 3.10. The van der Waals surface area contributed by atoms with Crippen LogP contribution in [0.1, 0.15) is 16.8 Å². The molecule has 1 N–H and O–H groups in total. The monoisotopic (exact) mass is 290 g/mol. The number of anilines is 1. The summed E-state index contributed by atoms with van der Waals surface area (Å²) in [6.45, 7) is 5.14. The molecule has 4 nitrogen and oxygen atoms in total. The molecule has 110 valence electrons. The third-order valence-electron chi connectivity index (χ3n) is 4.22. The Labute approximate surface area is 129 Å². The molecule has 22 heavy (non-hydrogen) atoms. The average Bonchev–Trinajstić information content (AvgIpc) is 2.74. The molecule has 0 saturated carbocycles. The van der Waals surface area contributed by atoms with E-state index in [0.29, 0.717) is 0 Å². The number of nitrogens with one attached hydrogen (secondary N) is 1. The summed E-state index contributed by atoms with van der Waals surface area (Å²) >= 11 is 0. The Morgan fingerprint density at radius 2 is 2.05 bits per heavy atom. The van der Waals surface area contributed by atoms with Gasteiger partial charge in [-0.15, -0.1) is 0 Å². The maximum atomic E-state index is 4.90. The van der Waals surface area contributed by atoms with E-state index < -0.39 is 0 Å². The first-order chi connectivity index (χ1) is 10.7. The summed E-state index contributed by atoms with van der Waals surface area (Å²) in [6, 6.07) is 12.5. The fraction of sp³-hybridized carbons (Fsp3) is 0.222. The molecule has 0 spiro atoms. The lowest BCUT2D eigenvalue weighted by Gasteiger charge is -2.07. The first-order valence-corrected chi connectivity index (χ1v) is 7.59. The van der Waals surface area contributed by atoms with E-state index in [1.165, 1.54) is 16.8 Å². The van der Waals surface area contributed by atoms with Crippen LogP contribution in [-0.4, -0.2) is 21.3 Å². The minimum Gasteiger partial charge on any atom is -0.369 e. The van der Waals surface area contributed by atoms with Crippen LogP contribution in [0.25, 0.3) is 16.9 Å². The molecule has 4 rings (SSSR count). The minimum atomic E-state index is 0.886. The van der Waals surface area contributed by atoms with Crippen molar-refractivity contribution in [2.45, 2.75) is 20.3 Å². The van der Waals surface area contributed by atoms with Crippen molar-refractivity contribution < 1.29 is 0 Å². The Morgan fingerprint density at radius 1 is 1.14 bits per heavy atom. The summed E-state index contributed by atoms with van der Waals surface area (Å²) in [5.41, 5.74) is 7.01. The Morgan fingerprint density at radius 3 is 2.91 bits per heavy atom. The Bertz CT molecular complexity index is 848. The molecule has 0 radical (unpaired) electrons. The van der Waals surface area contributed by atoms with Crippen molar-refractivity contribution >= 4 is 5.82 Å². The quantitative estimate of drug-likeness (QED) is 0.745. The zero-order valence-corrected chi connectivity index (χ0v) is 12.8. The molecule has 0 fully saturated rings. The van der Waals surface area contributed by atoms with Crippen LogP contribution >= 0.6 is 0 Å². The average molecular weight is 290 g/mol. The lowest BCUT2D eigenvalue weighted by Crippen LogP contribution is -2.06. The highest BCUT2D eigenvalue weighted by Gasteiger charge is 2.22. The van der Waals surface area contributed by atoms with Gasteiger partial charge in [-0.05, 0) is 50.1 Å². The number of hydrogen-bond acceptors (Lipinski definition) is 3. The number of aryl methyl sites for hydroxylation is 1. The van der Waals surface area contributed by atoms with Gasteiger partial charge in [-0.3, -0.25) is 0 Å². The maximum absolute atomic E-state index is 4.90. The van der Waals surface area contributed by atoms with Crippen LogP contribution in [0.5, 0.6) is 0 Å². The van der Waals surface area contributed by atoms with Gasteiger partial charge < -0.3 is 5.32 Å². The van der Waals surface area contributed by atoms with Gasteiger partial charge in [0.2, 0.25) is 0 Å². The third-order valence-corrected chi connectivity index (χ3v) is 4.22. The van der Waals surface area contributed by atoms with Crippen LogP contribution in [0.15, 0.2) is 42.6 Å². The molecule has 0 amide bonds. The number of aromatic nitrogens is 3. The molecule has 0 atom stereocenters. The summed E-state index contributed by atoms with van der Waals surface area (Å²) < 4.78 is 2.06. The molecular weight excluding hydrogens is 272 g/mol. The molecule has 1 aliphatic rings. The van der Waals surface area contributed by atoms with Crippen LogP contribution in [0, 0.1) is 13.8 Å². The molecule has 2 aromatic heterocycles. The van der Waals surface area contributed by atoms with E-state index in [1.807, 2.05) is 12.3 Å². The third kappa shape index (κ3) is 1.99. The van der Waals surface area contributed by atoms with E-state index in [-0.39, 0.29) is 0 Å². The van der Waals surface area contributed by atoms with E-state index >= 15 is 0 Å². The molecule has 3 heterocycles. The summed E-state index contributed by atoms with van der Waals surface area (Å²) in [5, 5.41) is 8.29. The number of benzene rings is 1. The van der Waals surface area contributed by atoms with Gasteiger partial charge in [-0.25, -0.2) is 9.67 Å². The van der Waals surface area contributed by atoms with Crippen LogP contribution in [0.2, 0.25) is 0 Å². The predicted octanol–water partition coefficient (Wildman–Crippen LogP) is 3.52. The van der Waals surface area contributed by atoms with E-state index in [0.717, 1.165) is 35.7 Å². The van der Waals surface area contributed by atoms with E-state index in [4.69, 9.17) is 5.10 Å². The molecule has 0 aliphatic carbocycles. The Hall–Kier alpha value is -2.62. The summed E-state index contributed by atoms with van der Waals surface area (Å²) in [7, 11) is 0. The van der Waals surface area contributed by atoms with Gasteiger partial charge in [-0.1, -0.05) is 12.1 Å². The molecule has 0 bridgehead atoms. The smallest absolute Gasteiger partial charge is 0.135 e. The van der Waals surface area contributed by atoms with E-state index in [1.54, 1.807) is 0 Å². The van der Waals surface area contributed by atoms with E-state index in [9.17, 15) is 0 Å². The highest BCUT2D eigenvalue weighted by molar-refractivity contribution is 5.76.